The van der Waals surface area contributed by atoms with Crippen molar-refractivity contribution in [3.8, 4) is 18.1 Å². The van der Waals surface area contributed by atoms with Crippen LogP contribution in [0.1, 0.15) is 6.42 Å². The maximum atomic E-state index is 11.5. The van der Waals surface area contributed by atoms with E-state index in [0.717, 1.165) is 11.4 Å². The highest BCUT2D eigenvalue weighted by atomic mass is 16.5. The highest BCUT2D eigenvalue weighted by Crippen LogP contribution is 2.14. The monoisotopic (exact) mass is 232 g/mol. The van der Waals surface area contributed by atoms with Gasteiger partial charge in [0.15, 0.2) is 0 Å². The van der Waals surface area contributed by atoms with Gasteiger partial charge in [0.25, 0.3) is 0 Å². The molecule has 0 heterocycles. The molecule has 0 aliphatic rings. The third kappa shape index (κ3) is 5.05. The van der Waals surface area contributed by atoms with Crippen LogP contribution in [0.2, 0.25) is 0 Å². The fourth-order valence-electron chi connectivity index (χ4n) is 1.24. The molecular weight excluding hydrogens is 216 g/mol. The van der Waals surface area contributed by atoms with Gasteiger partial charge in [0, 0.05) is 18.7 Å². The first-order chi connectivity index (χ1) is 8.26. The van der Waals surface area contributed by atoms with Crippen molar-refractivity contribution >= 4 is 11.6 Å². The van der Waals surface area contributed by atoms with E-state index in [1.54, 1.807) is 31.4 Å². The SMILES string of the molecule is C#CCCNCC(=O)Nc1ccc(OC)cc1. The number of methoxy groups -OCH3 is 1. The molecule has 0 radical (unpaired) electrons. The Labute approximate surface area is 101 Å². The van der Waals surface area contributed by atoms with Crippen LogP contribution in [0.15, 0.2) is 24.3 Å². The molecule has 4 nitrogen and oxygen atoms in total. The van der Waals surface area contributed by atoms with Gasteiger partial charge >= 0.3 is 0 Å². The zero-order valence-electron chi connectivity index (χ0n) is 9.82. The molecule has 0 unspecified atom stereocenters. The lowest BCUT2D eigenvalue weighted by Gasteiger charge is -2.06. The van der Waals surface area contributed by atoms with E-state index in [2.05, 4.69) is 16.6 Å². The Morgan fingerprint density at radius 2 is 2.12 bits per heavy atom. The highest BCUT2D eigenvalue weighted by Gasteiger charge is 2.01. The van der Waals surface area contributed by atoms with Crippen LogP contribution in [-0.4, -0.2) is 26.1 Å². The van der Waals surface area contributed by atoms with Crippen LogP contribution < -0.4 is 15.4 Å². The van der Waals surface area contributed by atoms with E-state index < -0.39 is 0 Å². The number of rotatable bonds is 6. The number of hydrogen-bond donors (Lipinski definition) is 2. The van der Waals surface area contributed by atoms with E-state index in [4.69, 9.17) is 11.2 Å². The number of carbonyl (C=O) groups is 1. The van der Waals surface area contributed by atoms with E-state index in [9.17, 15) is 4.79 Å². The molecule has 0 aromatic heterocycles. The quantitative estimate of drug-likeness (QED) is 0.573. The van der Waals surface area contributed by atoms with Gasteiger partial charge in [0.1, 0.15) is 5.75 Å². The second-order valence-electron chi connectivity index (χ2n) is 3.41. The minimum Gasteiger partial charge on any atom is -0.497 e. The zero-order chi connectivity index (χ0) is 12.5. The number of amides is 1. The average Bonchev–Trinajstić information content (AvgIpc) is 2.36. The van der Waals surface area contributed by atoms with E-state index in [1.807, 2.05) is 0 Å². The Kier molecular flexibility index (Phi) is 5.62. The maximum absolute atomic E-state index is 11.5. The van der Waals surface area contributed by atoms with E-state index in [0.29, 0.717) is 13.0 Å². The van der Waals surface area contributed by atoms with Crippen molar-refractivity contribution in [3.63, 3.8) is 0 Å². The summed E-state index contributed by atoms with van der Waals surface area (Å²) >= 11 is 0. The van der Waals surface area contributed by atoms with E-state index in [1.165, 1.54) is 0 Å². The zero-order valence-corrected chi connectivity index (χ0v) is 9.82. The summed E-state index contributed by atoms with van der Waals surface area (Å²) in [6, 6.07) is 7.17. The summed E-state index contributed by atoms with van der Waals surface area (Å²) < 4.78 is 5.02. The summed E-state index contributed by atoms with van der Waals surface area (Å²) in [6.45, 7) is 0.903. The number of ether oxygens (including phenoxy) is 1. The summed E-state index contributed by atoms with van der Waals surface area (Å²) in [4.78, 5) is 11.5. The largest absolute Gasteiger partial charge is 0.497 e. The van der Waals surface area contributed by atoms with Crippen molar-refractivity contribution in [1.82, 2.24) is 5.32 Å². The molecule has 0 aliphatic heterocycles. The molecule has 0 spiro atoms. The second kappa shape index (κ2) is 7.31. The number of hydrogen-bond acceptors (Lipinski definition) is 3. The number of terminal acetylenes is 1. The molecule has 2 N–H and O–H groups in total. The van der Waals surface area contributed by atoms with Gasteiger partial charge in [-0.1, -0.05) is 0 Å². The van der Waals surface area contributed by atoms with Crippen LogP contribution >= 0.6 is 0 Å². The van der Waals surface area contributed by atoms with E-state index >= 15 is 0 Å². The summed E-state index contributed by atoms with van der Waals surface area (Å²) in [6.07, 6.45) is 5.71. The first kappa shape index (κ1) is 13.1. The normalized spacial score (nSPS) is 9.41. The van der Waals surface area contributed by atoms with Crippen LogP contribution in [0.3, 0.4) is 0 Å². The van der Waals surface area contributed by atoms with Gasteiger partial charge in [-0.25, -0.2) is 0 Å². The van der Waals surface area contributed by atoms with Crippen LogP contribution in [0, 0.1) is 12.3 Å². The molecule has 0 saturated carbocycles. The summed E-state index contributed by atoms with van der Waals surface area (Å²) in [5, 5.41) is 5.71. The molecule has 0 aliphatic carbocycles. The van der Waals surface area contributed by atoms with Crippen LogP contribution in [0.4, 0.5) is 5.69 Å². The van der Waals surface area contributed by atoms with Gasteiger partial charge in [0.05, 0.1) is 13.7 Å². The number of nitrogens with one attached hydrogen (secondary N) is 2. The predicted octanol–water partition coefficient (Wildman–Crippen LogP) is 1.25. The topological polar surface area (TPSA) is 50.4 Å². The Morgan fingerprint density at radius 3 is 2.71 bits per heavy atom. The van der Waals surface area contributed by atoms with Gasteiger partial charge in [0.2, 0.25) is 5.91 Å². The fourth-order valence-corrected chi connectivity index (χ4v) is 1.24. The molecule has 1 rings (SSSR count). The van der Waals surface area contributed by atoms with Gasteiger partial charge in [-0.2, -0.15) is 0 Å². The lowest BCUT2D eigenvalue weighted by Crippen LogP contribution is -2.28. The van der Waals surface area contributed by atoms with Gasteiger partial charge in [-0.3, -0.25) is 4.79 Å². The summed E-state index contributed by atoms with van der Waals surface area (Å²) in [5.41, 5.74) is 0.745. The molecule has 90 valence electrons. The second-order valence-corrected chi connectivity index (χ2v) is 3.41. The van der Waals surface area contributed by atoms with Gasteiger partial charge in [-0.05, 0) is 24.3 Å². The minimum atomic E-state index is -0.0906. The molecule has 1 aromatic rings. The number of carbonyl (C=O) groups excluding carboxylic acids is 1. The Morgan fingerprint density at radius 1 is 1.41 bits per heavy atom. The Bertz CT molecular complexity index is 393. The molecule has 1 amide bonds. The number of benzene rings is 1. The third-order valence-corrected chi connectivity index (χ3v) is 2.11. The fraction of sp³-hybridized carbons (Fsp3) is 0.308. The van der Waals surface area contributed by atoms with Crippen molar-refractivity contribution in [1.29, 1.82) is 0 Å². The van der Waals surface area contributed by atoms with Crippen LogP contribution in [0.25, 0.3) is 0 Å². The molecule has 0 bridgehead atoms. The van der Waals surface area contributed by atoms with Gasteiger partial charge in [-0.15, -0.1) is 12.3 Å². The summed E-state index contributed by atoms with van der Waals surface area (Å²) in [7, 11) is 1.60. The third-order valence-electron chi connectivity index (χ3n) is 2.11. The first-order valence-electron chi connectivity index (χ1n) is 5.34. The van der Waals surface area contributed by atoms with Crippen molar-refractivity contribution < 1.29 is 9.53 Å². The molecule has 0 atom stereocenters. The molecule has 0 fully saturated rings. The first-order valence-corrected chi connectivity index (χ1v) is 5.34. The predicted molar refractivity (Wildman–Crippen MR) is 67.9 cm³/mol. The molecule has 1 aromatic carbocycles. The number of anilines is 1. The minimum absolute atomic E-state index is 0.0906. The highest BCUT2D eigenvalue weighted by molar-refractivity contribution is 5.92. The van der Waals surface area contributed by atoms with Crippen LogP contribution in [-0.2, 0) is 4.79 Å². The van der Waals surface area contributed by atoms with Crippen molar-refractivity contribution in [2.75, 3.05) is 25.5 Å². The lowest BCUT2D eigenvalue weighted by molar-refractivity contribution is -0.115. The Hall–Kier alpha value is -1.99. The smallest absolute Gasteiger partial charge is 0.238 e. The molecule has 0 saturated heterocycles. The molecule has 17 heavy (non-hydrogen) atoms. The summed E-state index contributed by atoms with van der Waals surface area (Å²) in [5.74, 6) is 3.16. The molecule has 4 heteroatoms. The average molecular weight is 232 g/mol. The van der Waals surface area contributed by atoms with Gasteiger partial charge < -0.3 is 15.4 Å². The van der Waals surface area contributed by atoms with E-state index in [-0.39, 0.29) is 12.5 Å². The van der Waals surface area contributed by atoms with Crippen molar-refractivity contribution in [2.24, 2.45) is 0 Å². The van der Waals surface area contributed by atoms with Crippen molar-refractivity contribution in [3.05, 3.63) is 24.3 Å². The Balaban J connectivity index is 2.32. The van der Waals surface area contributed by atoms with Crippen LogP contribution in [0.5, 0.6) is 5.75 Å². The lowest BCUT2D eigenvalue weighted by atomic mass is 10.3. The maximum Gasteiger partial charge on any atom is 0.238 e. The standard InChI is InChI=1S/C13H16N2O2/c1-3-4-9-14-10-13(16)15-11-5-7-12(17-2)8-6-11/h1,5-8,14H,4,9-10H2,2H3,(H,15,16). The van der Waals surface area contributed by atoms with Crippen molar-refractivity contribution in [2.45, 2.75) is 6.42 Å². The molecular formula is C13H16N2O2.